The molecule has 0 unspecified atom stereocenters. The number of ether oxygens (including phenoxy) is 2. The molecule has 0 radical (unpaired) electrons. The Morgan fingerprint density at radius 1 is 1.06 bits per heavy atom. The molecule has 0 bridgehead atoms. The van der Waals surface area contributed by atoms with Gasteiger partial charge in [-0.05, 0) is 25.0 Å². The normalized spacial score (nSPS) is 10.1. The zero-order valence-corrected chi connectivity index (χ0v) is 10.2. The van der Waals surface area contributed by atoms with Gasteiger partial charge in [0.15, 0.2) is 0 Å². The Hall–Kier alpha value is -1.38. The largest absolute Gasteiger partial charge is 0.493 e. The first-order valence-electron chi connectivity index (χ1n) is 5.93. The monoisotopic (exact) mass is 223 g/mol. The molecule has 0 saturated carbocycles. The third-order valence-corrected chi connectivity index (χ3v) is 2.21. The summed E-state index contributed by atoms with van der Waals surface area (Å²) in [5, 5.41) is 0. The van der Waals surface area contributed by atoms with Crippen molar-refractivity contribution in [1.82, 2.24) is 0 Å². The molecule has 0 fully saturated rings. The van der Waals surface area contributed by atoms with Crippen molar-refractivity contribution in [2.45, 2.75) is 33.1 Å². The minimum atomic E-state index is 0.667. The average molecular weight is 223 g/mol. The van der Waals surface area contributed by atoms with Crippen LogP contribution in [-0.4, -0.2) is 13.2 Å². The molecule has 0 aliphatic carbocycles. The van der Waals surface area contributed by atoms with Crippen molar-refractivity contribution in [3.8, 4) is 11.5 Å². The first-order chi connectivity index (χ1) is 7.77. The van der Waals surface area contributed by atoms with E-state index < -0.39 is 0 Å². The van der Waals surface area contributed by atoms with Gasteiger partial charge in [-0.25, -0.2) is 0 Å². The Morgan fingerprint density at radius 2 is 1.88 bits per heavy atom. The summed E-state index contributed by atoms with van der Waals surface area (Å²) in [6.45, 7) is 5.64. The fourth-order valence-electron chi connectivity index (χ4n) is 1.28. The van der Waals surface area contributed by atoms with E-state index in [1.165, 1.54) is 0 Å². The van der Waals surface area contributed by atoms with Crippen molar-refractivity contribution in [2.24, 2.45) is 0 Å². The van der Waals surface area contributed by atoms with Crippen molar-refractivity contribution in [3.05, 3.63) is 18.2 Å². The second kappa shape index (κ2) is 6.99. The first-order valence-corrected chi connectivity index (χ1v) is 5.93. The van der Waals surface area contributed by atoms with Gasteiger partial charge in [0.2, 0.25) is 0 Å². The molecule has 0 atom stereocenters. The first kappa shape index (κ1) is 12.7. The van der Waals surface area contributed by atoms with E-state index in [0.29, 0.717) is 12.3 Å². The van der Waals surface area contributed by atoms with Crippen LogP contribution in [0.25, 0.3) is 0 Å². The molecule has 0 saturated heterocycles. The molecule has 0 aliphatic heterocycles. The van der Waals surface area contributed by atoms with Gasteiger partial charge in [0.1, 0.15) is 11.5 Å². The lowest BCUT2D eigenvalue weighted by atomic mass is 10.3. The second-order valence-corrected chi connectivity index (χ2v) is 3.75. The van der Waals surface area contributed by atoms with E-state index in [1.54, 1.807) is 0 Å². The molecular formula is C13H21NO2. The number of hydrogen-bond donors (Lipinski definition) is 1. The minimum Gasteiger partial charge on any atom is -0.493 e. The zero-order chi connectivity index (χ0) is 11.8. The number of rotatable bonds is 7. The summed E-state index contributed by atoms with van der Waals surface area (Å²) in [4.78, 5) is 0. The predicted molar refractivity (Wildman–Crippen MR) is 67.0 cm³/mol. The molecule has 0 amide bonds. The van der Waals surface area contributed by atoms with E-state index in [0.717, 1.165) is 37.4 Å². The van der Waals surface area contributed by atoms with Gasteiger partial charge in [-0.2, -0.15) is 0 Å². The molecule has 90 valence electrons. The van der Waals surface area contributed by atoms with Crippen LogP contribution in [0.1, 0.15) is 33.1 Å². The molecule has 1 aromatic rings. The van der Waals surface area contributed by atoms with Gasteiger partial charge < -0.3 is 15.2 Å². The van der Waals surface area contributed by atoms with Gasteiger partial charge in [0, 0.05) is 6.07 Å². The van der Waals surface area contributed by atoms with Crippen molar-refractivity contribution in [1.29, 1.82) is 0 Å². The van der Waals surface area contributed by atoms with Crippen LogP contribution in [0, 0.1) is 0 Å². The fraction of sp³-hybridized carbons (Fsp3) is 0.538. The highest BCUT2D eigenvalue weighted by atomic mass is 16.5. The van der Waals surface area contributed by atoms with Gasteiger partial charge in [0.05, 0.1) is 18.9 Å². The minimum absolute atomic E-state index is 0.667. The van der Waals surface area contributed by atoms with Crippen molar-refractivity contribution in [3.63, 3.8) is 0 Å². The Labute approximate surface area is 97.6 Å². The summed E-state index contributed by atoms with van der Waals surface area (Å²) >= 11 is 0. The summed E-state index contributed by atoms with van der Waals surface area (Å²) in [6, 6.07) is 5.56. The highest BCUT2D eigenvalue weighted by Gasteiger charge is 2.02. The van der Waals surface area contributed by atoms with Crippen molar-refractivity contribution < 1.29 is 9.47 Å². The van der Waals surface area contributed by atoms with Gasteiger partial charge in [0.25, 0.3) is 0 Å². The van der Waals surface area contributed by atoms with Crippen LogP contribution in [0.3, 0.4) is 0 Å². The molecule has 2 N–H and O–H groups in total. The van der Waals surface area contributed by atoms with Crippen LogP contribution in [0.4, 0.5) is 5.69 Å². The third-order valence-electron chi connectivity index (χ3n) is 2.21. The lowest BCUT2D eigenvalue weighted by molar-refractivity contribution is 0.298. The number of hydrogen-bond acceptors (Lipinski definition) is 3. The maximum absolute atomic E-state index is 5.82. The molecule has 0 aromatic heterocycles. The predicted octanol–water partition coefficient (Wildman–Crippen LogP) is 3.24. The summed E-state index contributed by atoms with van der Waals surface area (Å²) in [5.74, 6) is 1.55. The quantitative estimate of drug-likeness (QED) is 0.570. The number of anilines is 1. The van der Waals surface area contributed by atoms with Gasteiger partial charge >= 0.3 is 0 Å². The molecule has 0 aliphatic rings. The summed E-state index contributed by atoms with van der Waals surface area (Å²) < 4.78 is 11.1. The SMILES string of the molecule is CCCCOc1cc(OCCC)ccc1N. The Bertz CT molecular complexity index is 313. The molecule has 16 heavy (non-hydrogen) atoms. The number of benzene rings is 1. The molecule has 1 aromatic carbocycles. The average Bonchev–Trinajstić information content (AvgIpc) is 2.30. The standard InChI is InChI=1S/C13H21NO2/c1-3-5-9-16-13-10-11(15-8-4-2)6-7-12(13)14/h6-7,10H,3-5,8-9,14H2,1-2H3. The van der Waals surface area contributed by atoms with E-state index in [-0.39, 0.29) is 0 Å². The summed E-state index contributed by atoms with van der Waals surface area (Å²) in [6.07, 6.45) is 3.15. The lowest BCUT2D eigenvalue weighted by Crippen LogP contribution is -2.01. The number of unbranched alkanes of at least 4 members (excludes halogenated alkanes) is 1. The van der Waals surface area contributed by atoms with Crippen LogP contribution >= 0.6 is 0 Å². The van der Waals surface area contributed by atoms with Gasteiger partial charge in [-0.1, -0.05) is 20.3 Å². The van der Waals surface area contributed by atoms with Crippen LogP contribution < -0.4 is 15.2 Å². The number of nitrogens with two attached hydrogens (primary N) is 1. The van der Waals surface area contributed by atoms with Crippen LogP contribution in [0.5, 0.6) is 11.5 Å². The van der Waals surface area contributed by atoms with Gasteiger partial charge in [-0.3, -0.25) is 0 Å². The van der Waals surface area contributed by atoms with Crippen LogP contribution in [0.2, 0.25) is 0 Å². The Balaban J connectivity index is 2.59. The highest BCUT2D eigenvalue weighted by Crippen LogP contribution is 2.27. The van der Waals surface area contributed by atoms with Crippen molar-refractivity contribution in [2.75, 3.05) is 18.9 Å². The number of nitrogen functional groups attached to an aromatic ring is 1. The third kappa shape index (κ3) is 4.01. The molecule has 0 spiro atoms. The van der Waals surface area contributed by atoms with E-state index in [4.69, 9.17) is 15.2 Å². The smallest absolute Gasteiger partial charge is 0.145 e. The zero-order valence-electron chi connectivity index (χ0n) is 10.2. The molecular weight excluding hydrogens is 202 g/mol. The summed E-state index contributed by atoms with van der Waals surface area (Å²) in [5.41, 5.74) is 6.49. The molecule has 3 heteroatoms. The maximum atomic E-state index is 5.82. The Morgan fingerprint density at radius 3 is 2.56 bits per heavy atom. The van der Waals surface area contributed by atoms with Crippen molar-refractivity contribution >= 4 is 5.69 Å². The molecule has 1 rings (SSSR count). The van der Waals surface area contributed by atoms with Crippen LogP contribution in [-0.2, 0) is 0 Å². The van der Waals surface area contributed by atoms with Crippen LogP contribution in [0.15, 0.2) is 18.2 Å². The maximum Gasteiger partial charge on any atom is 0.145 e. The Kier molecular flexibility index (Phi) is 5.54. The van der Waals surface area contributed by atoms with E-state index in [1.807, 2.05) is 18.2 Å². The molecule has 0 heterocycles. The summed E-state index contributed by atoms with van der Waals surface area (Å²) in [7, 11) is 0. The van der Waals surface area contributed by atoms with E-state index in [2.05, 4.69) is 13.8 Å². The van der Waals surface area contributed by atoms with E-state index >= 15 is 0 Å². The highest BCUT2D eigenvalue weighted by molar-refractivity contribution is 5.55. The fourth-order valence-corrected chi connectivity index (χ4v) is 1.28. The lowest BCUT2D eigenvalue weighted by Gasteiger charge is -2.11. The second-order valence-electron chi connectivity index (χ2n) is 3.75. The molecule has 3 nitrogen and oxygen atoms in total. The topological polar surface area (TPSA) is 44.5 Å². The van der Waals surface area contributed by atoms with Gasteiger partial charge in [-0.15, -0.1) is 0 Å². The van der Waals surface area contributed by atoms with E-state index in [9.17, 15) is 0 Å².